The van der Waals surface area contributed by atoms with Crippen LogP contribution in [0.4, 0.5) is 0 Å². The maximum atomic E-state index is 10.5. The highest BCUT2D eigenvalue weighted by atomic mass is 28.3. The normalized spacial score (nSPS) is 10.3. The number of aldehydes is 1. The summed E-state index contributed by atoms with van der Waals surface area (Å²) in [6, 6.07) is 4.85. The third-order valence-corrected chi connectivity index (χ3v) is 2.61. The molecule has 15 heavy (non-hydrogen) atoms. The fourth-order valence-electron chi connectivity index (χ4n) is 0.981. The Morgan fingerprint density at radius 3 is 2.47 bits per heavy atom. The lowest BCUT2D eigenvalue weighted by Crippen LogP contribution is -2.16. The van der Waals surface area contributed by atoms with E-state index in [4.69, 9.17) is 0 Å². The predicted octanol–water partition coefficient (Wildman–Crippen LogP) is 2.43. The van der Waals surface area contributed by atoms with Crippen molar-refractivity contribution in [1.82, 2.24) is 0 Å². The van der Waals surface area contributed by atoms with Gasteiger partial charge in [-0.1, -0.05) is 25.6 Å². The molecule has 0 unspecified atom stereocenters. The number of phenolic OH excluding ortho intramolecular Hbond substituents is 1. The van der Waals surface area contributed by atoms with Gasteiger partial charge >= 0.3 is 0 Å². The SMILES string of the molecule is C[Si](C)(C)C#Cc1ccc(C=O)c(O)c1. The first kappa shape index (κ1) is 11.5. The van der Waals surface area contributed by atoms with Gasteiger partial charge in [-0.15, -0.1) is 5.54 Å². The molecule has 0 aliphatic rings. The van der Waals surface area contributed by atoms with E-state index in [2.05, 4.69) is 31.1 Å². The summed E-state index contributed by atoms with van der Waals surface area (Å²) in [6.07, 6.45) is 0.630. The first-order valence-electron chi connectivity index (χ1n) is 4.74. The van der Waals surface area contributed by atoms with Crippen molar-refractivity contribution in [3.8, 4) is 17.2 Å². The highest BCUT2D eigenvalue weighted by Crippen LogP contribution is 2.16. The molecule has 1 rings (SSSR count). The van der Waals surface area contributed by atoms with Crippen LogP contribution in [0.3, 0.4) is 0 Å². The Bertz CT molecular complexity index is 433. The standard InChI is InChI=1S/C12H14O2Si/c1-15(2,3)7-6-10-4-5-11(9-13)12(14)8-10/h4-5,8-9,14H,1-3H3. The molecule has 0 atom stereocenters. The van der Waals surface area contributed by atoms with E-state index in [1.165, 1.54) is 6.07 Å². The number of aromatic hydroxyl groups is 1. The second kappa shape index (κ2) is 4.33. The van der Waals surface area contributed by atoms with Gasteiger partial charge in [0.2, 0.25) is 0 Å². The van der Waals surface area contributed by atoms with E-state index in [1.807, 2.05) is 0 Å². The molecule has 78 valence electrons. The van der Waals surface area contributed by atoms with Crippen LogP contribution in [0.2, 0.25) is 19.6 Å². The lowest BCUT2D eigenvalue weighted by atomic mass is 10.1. The van der Waals surface area contributed by atoms with Crippen LogP contribution in [0.25, 0.3) is 0 Å². The van der Waals surface area contributed by atoms with Crippen LogP contribution in [-0.4, -0.2) is 19.5 Å². The first-order chi connectivity index (χ1) is 6.92. The van der Waals surface area contributed by atoms with Crippen molar-refractivity contribution in [3.05, 3.63) is 29.3 Å². The van der Waals surface area contributed by atoms with E-state index >= 15 is 0 Å². The number of benzene rings is 1. The quantitative estimate of drug-likeness (QED) is 0.446. The Balaban J connectivity index is 3.02. The molecule has 0 fully saturated rings. The van der Waals surface area contributed by atoms with Gasteiger partial charge < -0.3 is 5.11 Å². The summed E-state index contributed by atoms with van der Waals surface area (Å²) in [5.74, 6) is 3.01. The van der Waals surface area contributed by atoms with Crippen molar-refractivity contribution < 1.29 is 9.90 Å². The summed E-state index contributed by atoms with van der Waals surface area (Å²) in [7, 11) is -1.39. The number of carbonyl (C=O) groups excluding carboxylic acids is 1. The maximum Gasteiger partial charge on any atom is 0.153 e. The van der Waals surface area contributed by atoms with E-state index in [9.17, 15) is 9.90 Å². The highest BCUT2D eigenvalue weighted by molar-refractivity contribution is 6.83. The van der Waals surface area contributed by atoms with E-state index in [0.29, 0.717) is 11.8 Å². The Morgan fingerprint density at radius 1 is 1.33 bits per heavy atom. The van der Waals surface area contributed by atoms with Gasteiger partial charge in [-0.3, -0.25) is 4.79 Å². The second-order valence-electron chi connectivity index (χ2n) is 4.39. The van der Waals surface area contributed by atoms with Gasteiger partial charge in [-0.25, -0.2) is 0 Å². The Hall–Kier alpha value is -1.53. The molecule has 0 bridgehead atoms. The first-order valence-corrected chi connectivity index (χ1v) is 8.24. The van der Waals surface area contributed by atoms with Crippen molar-refractivity contribution >= 4 is 14.4 Å². The van der Waals surface area contributed by atoms with Crippen LogP contribution in [-0.2, 0) is 0 Å². The van der Waals surface area contributed by atoms with Gasteiger partial charge in [-0.2, -0.15) is 0 Å². The number of rotatable bonds is 1. The van der Waals surface area contributed by atoms with Gasteiger partial charge in [-0.05, 0) is 18.2 Å². The van der Waals surface area contributed by atoms with Crippen molar-refractivity contribution in [2.45, 2.75) is 19.6 Å². The van der Waals surface area contributed by atoms with Gasteiger partial charge in [0.05, 0.1) is 5.56 Å². The molecule has 0 saturated heterocycles. The fourth-order valence-corrected chi connectivity index (χ4v) is 1.50. The zero-order valence-corrected chi connectivity index (χ0v) is 10.2. The number of hydrogen-bond donors (Lipinski definition) is 1. The maximum absolute atomic E-state index is 10.5. The van der Waals surface area contributed by atoms with Crippen LogP contribution >= 0.6 is 0 Å². The Morgan fingerprint density at radius 2 is 2.00 bits per heavy atom. The summed E-state index contributed by atoms with van der Waals surface area (Å²) < 4.78 is 0. The molecular weight excluding hydrogens is 204 g/mol. The Kier molecular flexibility index (Phi) is 3.33. The van der Waals surface area contributed by atoms with Crippen LogP contribution in [0.1, 0.15) is 15.9 Å². The van der Waals surface area contributed by atoms with Gasteiger partial charge in [0.25, 0.3) is 0 Å². The van der Waals surface area contributed by atoms with Crippen LogP contribution in [0, 0.1) is 11.5 Å². The van der Waals surface area contributed by atoms with Gasteiger partial charge in [0, 0.05) is 5.56 Å². The summed E-state index contributed by atoms with van der Waals surface area (Å²) in [6.45, 7) is 6.46. The Labute approximate surface area is 91.0 Å². The van der Waals surface area contributed by atoms with Crippen molar-refractivity contribution in [2.75, 3.05) is 0 Å². The van der Waals surface area contributed by atoms with Gasteiger partial charge in [0.15, 0.2) is 6.29 Å². The lowest BCUT2D eigenvalue weighted by molar-refractivity contribution is 0.112. The summed E-state index contributed by atoms with van der Waals surface area (Å²) in [5, 5.41) is 9.43. The molecule has 0 aliphatic heterocycles. The molecule has 0 aromatic heterocycles. The molecule has 0 amide bonds. The lowest BCUT2D eigenvalue weighted by Gasteiger charge is -2.03. The number of carbonyl (C=O) groups is 1. The summed E-state index contributed by atoms with van der Waals surface area (Å²) >= 11 is 0. The highest BCUT2D eigenvalue weighted by Gasteiger charge is 2.07. The topological polar surface area (TPSA) is 37.3 Å². The van der Waals surface area contributed by atoms with E-state index in [1.54, 1.807) is 12.1 Å². The molecule has 1 N–H and O–H groups in total. The monoisotopic (exact) mass is 218 g/mol. The van der Waals surface area contributed by atoms with Crippen LogP contribution in [0.5, 0.6) is 5.75 Å². The zero-order valence-electron chi connectivity index (χ0n) is 9.16. The molecule has 3 heteroatoms. The number of hydrogen-bond acceptors (Lipinski definition) is 2. The number of phenols is 1. The zero-order chi connectivity index (χ0) is 11.5. The molecule has 0 heterocycles. The second-order valence-corrected chi connectivity index (χ2v) is 9.14. The van der Waals surface area contributed by atoms with Crippen LogP contribution in [0.15, 0.2) is 18.2 Å². The molecule has 0 aliphatic carbocycles. The summed E-state index contributed by atoms with van der Waals surface area (Å²) in [5.41, 5.74) is 4.24. The summed E-state index contributed by atoms with van der Waals surface area (Å²) in [4.78, 5) is 10.5. The average molecular weight is 218 g/mol. The molecular formula is C12H14O2Si. The minimum atomic E-state index is -1.39. The third-order valence-electron chi connectivity index (χ3n) is 1.74. The molecule has 1 aromatic carbocycles. The van der Waals surface area contributed by atoms with E-state index in [0.717, 1.165) is 5.56 Å². The molecule has 2 nitrogen and oxygen atoms in total. The van der Waals surface area contributed by atoms with Gasteiger partial charge in [0.1, 0.15) is 13.8 Å². The fraction of sp³-hybridized carbons (Fsp3) is 0.250. The van der Waals surface area contributed by atoms with E-state index < -0.39 is 8.07 Å². The molecule has 1 aromatic rings. The largest absolute Gasteiger partial charge is 0.507 e. The van der Waals surface area contributed by atoms with Crippen LogP contribution < -0.4 is 0 Å². The van der Waals surface area contributed by atoms with E-state index in [-0.39, 0.29) is 5.75 Å². The predicted molar refractivity (Wildman–Crippen MR) is 63.7 cm³/mol. The third kappa shape index (κ3) is 3.60. The average Bonchev–Trinajstić information content (AvgIpc) is 2.14. The molecule has 0 saturated carbocycles. The van der Waals surface area contributed by atoms with Crippen molar-refractivity contribution in [3.63, 3.8) is 0 Å². The van der Waals surface area contributed by atoms with Crippen molar-refractivity contribution in [1.29, 1.82) is 0 Å². The molecule has 0 spiro atoms. The van der Waals surface area contributed by atoms with Crippen molar-refractivity contribution in [2.24, 2.45) is 0 Å². The minimum Gasteiger partial charge on any atom is -0.507 e. The smallest absolute Gasteiger partial charge is 0.153 e. The minimum absolute atomic E-state index is 0.00706. The molecule has 0 radical (unpaired) electrons.